The van der Waals surface area contributed by atoms with Crippen LogP contribution in [0.5, 0.6) is 0 Å². The van der Waals surface area contributed by atoms with Crippen molar-refractivity contribution in [1.82, 2.24) is 34.9 Å². The third kappa shape index (κ3) is 6.05. The summed E-state index contributed by atoms with van der Waals surface area (Å²) in [7, 11) is 1.91. The van der Waals surface area contributed by atoms with Crippen molar-refractivity contribution in [2.45, 2.75) is 71.2 Å². The lowest BCUT2D eigenvalue weighted by molar-refractivity contribution is -0.137. The van der Waals surface area contributed by atoms with Gasteiger partial charge in [-0.15, -0.1) is 0 Å². The Morgan fingerprint density at radius 3 is 2.46 bits per heavy atom. The number of imide groups is 1. The number of fused-ring (bicyclic) bond motifs is 3. The molecule has 2 aromatic heterocycles. The maximum Gasteiger partial charge on any atom is 0.243 e. The van der Waals surface area contributed by atoms with Crippen LogP contribution in [0, 0.1) is 13.8 Å². The van der Waals surface area contributed by atoms with Crippen LogP contribution in [0.4, 0.5) is 28.8 Å². The topological polar surface area (TPSA) is 124 Å². The molecule has 2 atom stereocenters. The van der Waals surface area contributed by atoms with E-state index in [0.29, 0.717) is 24.8 Å². The Morgan fingerprint density at radius 1 is 0.827 bits per heavy atom. The van der Waals surface area contributed by atoms with Crippen molar-refractivity contribution in [3.8, 4) is 0 Å². The van der Waals surface area contributed by atoms with Crippen molar-refractivity contribution in [3.05, 3.63) is 94.2 Å². The second-order valence-electron chi connectivity index (χ2n) is 14.8. The number of aryl methyl sites for hydroxylation is 3. The van der Waals surface area contributed by atoms with Crippen LogP contribution in [-0.4, -0.2) is 73.1 Å². The highest BCUT2D eigenvalue weighted by Gasteiger charge is 2.36. The Balaban J connectivity index is 0.848. The minimum atomic E-state index is -0.232. The van der Waals surface area contributed by atoms with Crippen LogP contribution >= 0.6 is 0 Å². The van der Waals surface area contributed by atoms with E-state index in [2.05, 4.69) is 104 Å². The fraction of sp³-hybridized carbons (Fsp3) is 0.375. The van der Waals surface area contributed by atoms with Crippen molar-refractivity contribution in [2.24, 2.45) is 7.05 Å². The zero-order valence-corrected chi connectivity index (χ0v) is 29.9. The molecule has 3 N–H and O–H groups in total. The SMILES string of the molecule is Cc1cccc(C)c1Nc1nn(C)c2nc(Nc3ccc4c(c3)CN(C3CCN(c5ccc6c(c5)CN(C5CCC(=O)NC5=O)C6)C3)CC4)ncc12. The van der Waals surface area contributed by atoms with E-state index in [-0.39, 0.29) is 17.9 Å². The van der Waals surface area contributed by atoms with Gasteiger partial charge in [-0.25, -0.2) is 9.67 Å². The van der Waals surface area contributed by atoms with Crippen LogP contribution < -0.4 is 20.9 Å². The minimum absolute atomic E-state index is 0.159. The van der Waals surface area contributed by atoms with E-state index in [4.69, 9.17) is 10.1 Å². The Bertz CT molecular complexity index is 2210. The van der Waals surface area contributed by atoms with Gasteiger partial charge in [0, 0.05) is 82.0 Å². The first-order chi connectivity index (χ1) is 25.3. The quantitative estimate of drug-likeness (QED) is 0.195. The van der Waals surface area contributed by atoms with Crippen LogP contribution in [-0.2, 0) is 42.7 Å². The molecule has 2 amide bonds. The molecular weight excluding hydrogens is 653 g/mol. The number of aromatic nitrogens is 4. The van der Waals surface area contributed by atoms with E-state index in [1.807, 2.05) is 13.2 Å². The van der Waals surface area contributed by atoms with Crippen LogP contribution in [0.1, 0.15) is 52.6 Å². The molecule has 2 unspecified atom stereocenters. The summed E-state index contributed by atoms with van der Waals surface area (Å²) in [4.78, 5) is 41.1. The maximum absolute atomic E-state index is 12.5. The second kappa shape index (κ2) is 13.0. The number of piperidine rings is 1. The fourth-order valence-electron chi connectivity index (χ4n) is 8.55. The number of benzene rings is 3. The van der Waals surface area contributed by atoms with Crippen molar-refractivity contribution < 1.29 is 9.59 Å². The number of anilines is 5. The van der Waals surface area contributed by atoms with Gasteiger partial charge in [0.15, 0.2) is 11.5 Å². The van der Waals surface area contributed by atoms with Crippen molar-refractivity contribution >= 4 is 51.7 Å². The number of hydrogen-bond acceptors (Lipinski definition) is 10. The van der Waals surface area contributed by atoms with E-state index >= 15 is 0 Å². The number of carbonyl (C=O) groups is 2. The predicted molar refractivity (Wildman–Crippen MR) is 202 cm³/mol. The van der Waals surface area contributed by atoms with E-state index in [1.165, 1.54) is 27.9 Å². The largest absolute Gasteiger partial charge is 0.370 e. The monoisotopic (exact) mass is 696 g/mol. The van der Waals surface area contributed by atoms with Crippen LogP contribution in [0.25, 0.3) is 11.0 Å². The third-order valence-corrected chi connectivity index (χ3v) is 11.4. The van der Waals surface area contributed by atoms with E-state index < -0.39 is 0 Å². The van der Waals surface area contributed by atoms with Gasteiger partial charge in [0.1, 0.15) is 0 Å². The number of hydrogen-bond donors (Lipinski definition) is 3. The van der Waals surface area contributed by atoms with Gasteiger partial charge in [-0.05, 0) is 90.8 Å². The molecule has 4 aliphatic rings. The minimum Gasteiger partial charge on any atom is -0.370 e. The molecule has 4 aliphatic heterocycles. The van der Waals surface area contributed by atoms with Crippen LogP contribution in [0.2, 0.25) is 0 Å². The van der Waals surface area contributed by atoms with Crippen LogP contribution in [0.15, 0.2) is 60.8 Å². The zero-order valence-electron chi connectivity index (χ0n) is 29.9. The maximum atomic E-state index is 12.5. The number of para-hydroxylation sites is 1. The van der Waals surface area contributed by atoms with Gasteiger partial charge in [-0.3, -0.25) is 24.7 Å². The Morgan fingerprint density at radius 2 is 1.62 bits per heavy atom. The number of carbonyl (C=O) groups excluding carboxylic acids is 2. The fourth-order valence-corrected chi connectivity index (χ4v) is 8.55. The third-order valence-electron chi connectivity index (χ3n) is 11.4. The Hall–Kier alpha value is -5.33. The first-order valence-electron chi connectivity index (χ1n) is 18.4. The van der Waals surface area contributed by atoms with Gasteiger partial charge in [0.25, 0.3) is 0 Å². The number of amides is 2. The molecule has 2 fully saturated rings. The molecule has 12 nitrogen and oxygen atoms in total. The molecule has 52 heavy (non-hydrogen) atoms. The first-order valence-corrected chi connectivity index (χ1v) is 18.4. The van der Waals surface area contributed by atoms with Crippen LogP contribution in [0.3, 0.4) is 0 Å². The molecule has 6 heterocycles. The van der Waals surface area contributed by atoms with Gasteiger partial charge in [0.05, 0.1) is 11.4 Å². The number of rotatable bonds is 7. The van der Waals surface area contributed by atoms with E-state index in [9.17, 15) is 9.59 Å². The molecule has 0 aliphatic carbocycles. The second-order valence-corrected chi connectivity index (χ2v) is 14.8. The summed E-state index contributed by atoms with van der Waals surface area (Å²) in [6.45, 7) is 9.70. The molecule has 2 saturated heterocycles. The molecule has 0 spiro atoms. The molecule has 266 valence electrons. The molecular formula is C40H44N10O2. The Kier molecular flexibility index (Phi) is 8.15. The molecule has 5 aromatic rings. The first kappa shape index (κ1) is 32.6. The Labute approximate surface area is 303 Å². The molecule has 0 radical (unpaired) electrons. The molecule has 12 heteroatoms. The normalized spacial score (nSPS) is 20.6. The molecule has 0 saturated carbocycles. The average molecular weight is 697 g/mol. The van der Waals surface area contributed by atoms with E-state index in [0.717, 1.165) is 91.5 Å². The summed E-state index contributed by atoms with van der Waals surface area (Å²) in [5.74, 6) is 0.966. The van der Waals surface area contributed by atoms with Gasteiger partial charge in [-0.1, -0.05) is 30.3 Å². The molecule has 0 bridgehead atoms. The predicted octanol–water partition coefficient (Wildman–Crippen LogP) is 5.23. The smallest absolute Gasteiger partial charge is 0.243 e. The summed E-state index contributed by atoms with van der Waals surface area (Å²) in [5.41, 5.74) is 11.7. The summed E-state index contributed by atoms with van der Waals surface area (Å²) < 4.78 is 1.80. The number of nitrogens with one attached hydrogen (secondary N) is 3. The molecule has 9 rings (SSSR count). The summed E-state index contributed by atoms with van der Waals surface area (Å²) >= 11 is 0. The van der Waals surface area contributed by atoms with E-state index in [1.54, 1.807) is 4.68 Å². The van der Waals surface area contributed by atoms with Crippen molar-refractivity contribution in [2.75, 3.05) is 35.2 Å². The van der Waals surface area contributed by atoms with Gasteiger partial charge in [0.2, 0.25) is 17.8 Å². The van der Waals surface area contributed by atoms with Gasteiger partial charge in [-0.2, -0.15) is 10.1 Å². The van der Waals surface area contributed by atoms with Gasteiger partial charge < -0.3 is 15.5 Å². The molecule has 3 aromatic carbocycles. The highest BCUT2D eigenvalue weighted by molar-refractivity contribution is 6.00. The lowest BCUT2D eigenvalue weighted by Crippen LogP contribution is -2.50. The summed E-state index contributed by atoms with van der Waals surface area (Å²) in [6.07, 6.45) is 5.02. The average Bonchev–Trinajstić information content (AvgIpc) is 3.87. The number of nitrogens with zero attached hydrogens (tertiary/aromatic N) is 7. The lowest BCUT2D eigenvalue weighted by Gasteiger charge is -2.34. The zero-order chi connectivity index (χ0) is 35.5. The van der Waals surface area contributed by atoms with Gasteiger partial charge >= 0.3 is 0 Å². The standard InChI is InChI=1S/C40H44N10O2/c1-24-5-4-6-25(2)36(24)44-37-33-19-41-40(45-38(33)47(3)46-37)42-30-9-7-26-13-15-48(21-28(26)17-30)32-14-16-49(23-32)31-10-8-27-20-50(22-29(27)18-31)34-11-12-35(51)43-39(34)52/h4-10,17-19,32,34H,11-16,20-23H2,1-3H3,(H,44,46)(H,41,42,45)(H,43,51,52). The highest BCUT2D eigenvalue weighted by atomic mass is 16.2. The van der Waals surface area contributed by atoms with Crippen molar-refractivity contribution in [3.63, 3.8) is 0 Å². The summed E-state index contributed by atoms with van der Waals surface area (Å²) in [6, 6.07) is 19.9. The lowest BCUT2D eigenvalue weighted by atomic mass is 9.97. The summed E-state index contributed by atoms with van der Waals surface area (Å²) in [5, 5.41) is 15.1. The van der Waals surface area contributed by atoms with Crippen molar-refractivity contribution in [1.29, 1.82) is 0 Å². The highest BCUT2D eigenvalue weighted by Crippen LogP contribution is 2.34.